The Kier molecular flexibility index (Phi) is 14.4. The number of aliphatic hydroxyl groups is 1. The second-order valence-electron chi connectivity index (χ2n) is 14.9. The van der Waals surface area contributed by atoms with E-state index >= 15 is 0 Å². The van der Waals surface area contributed by atoms with Gasteiger partial charge in [0.1, 0.15) is 18.2 Å². The molecular formula is C42H49N7O7. The van der Waals surface area contributed by atoms with Gasteiger partial charge in [0, 0.05) is 28.3 Å². The first-order valence-electron chi connectivity index (χ1n) is 18.3. The van der Waals surface area contributed by atoms with Crippen molar-refractivity contribution in [2.24, 2.45) is 11.5 Å². The zero-order chi connectivity index (χ0) is 41.0. The minimum atomic E-state index is -1.37. The number of primary amides is 2. The molecule has 4 atom stereocenters. The maximum atomic E-state index is 13.9. The molecule has 14 heteroatoms. The van der Waals surface area contributed by atoms with Crippen molar-refractivity contribution < 1.29 is 33.8 Å². The van der Waals surface area contributed by atoms with Crippen molar-refractivity contribution in [2.45, 2.75) is 88.7 Å². The molecule has 0 saturated carbocycles. The lowest BCUT2D eigenvalue weighted by molar-refractivity contribution is -0.135. The van der Waals surface area contributed by atoms with Crippen LogP contribution in [0.25, 0.3) is 10.8 Å². The molecule has 0 aromatic heterocycles. The second kappa shape index (κ2) is 18.9. The number of nitrogens with zero attached hydrogens (tertiary/aromatic N) is 3. The number of hydrogen-bond acceptors (Lipinski definition) is 10. The molecule has 4 aromatic rings. The molecule has 0 unspecified atom stereocenters. The van der Waals surface area contributed by atoms with Crippen molar-refractivity contribution in [3.63, 3.8) is 0 Å². The number of rotatable bonds is 15. The SMILES string of the molecule is CC(C)(C)N1CCC[C@@]1(C[C@@H](O)[C@H](Cc1ccccc1)NC(=O)[C@H](CC(N)=O)NC(=O)c1ccc2cc(C(=O)OCc3ccccc3)ccc2c1)C(N)=O.N#N. The number of benzene rings is 4. The predicted molar refractivity (Wildman–Crippen MR) is 208 cm³/mol. The van der Waals surface area contributed by atoms with E-state index in [0.717, 1.165) is 11.1 Å². The van der Waals surface area contributed by atoms with Gasteiger partial charge in [-0.25, -0.2) is 4.79 Å². The van der Waals surface area contributed by atoms with Gasteiger partial charge in [-0.05, 0) is 92.7 Å². The molecule has 1 aliphatic rings. The van der Waals surface area contributed by atoms with Crippen molar-refractivity contribution in [2.75, 3.05) is 6.54 Å². The van der Waals surface area contributed by atoms with Crippen LogP contribution in [-0.4, -0.2) is 75.4 Å². The average Bonchev–Trinajstić information content (AvgIpc) is 3.63. The van der Waals surface area contributed by atoms with Crippen LogP contribution in [0, 0.1) is 10.8 Å². The van der Waals surface area contributed by atoms with Gasteiger partial charge in [0.25, 0.3) is 5.91 Å². The number of nitrogens with two attached hydrogens (primary N) is 2. The molecule has 0 aliphatic carbocycles. The number of nitrogens with one attached hydrogen (secondary N) is 2. The predicted octanol–water partition coefficient (Wildman–Crippen LogP) is 3.80. The van der Waals surface area contributed by atoms with Gasteiger partial charge in [0.05, 0.1) is 24.1 Å². The number of ether oxygens (including phenoxy) is 1. The van der Waals surface area contributed by atoms with Crippen molar-refractivity contribution in [3.8, 4) is 0 Å². The van der Waals surface area contributed by atoms with Crippen molar-refractivity contribution >= 4 is 40.4 Å². The molecule has 0 radical (unpaired) electrons. The molecule has 56 heavy (non-hydrogen) atoms. The van der Waals surface area contributed by atoms with Crippen LogP contribution in [0.15, 0.2) is 97.1 Å². The van der Waals surface area contributed by atoms with Crippen molar-refractivity contribution in [1.29, 1.82) is 10.8 Å². The van der Waals surface area contributed by atoms with Gasteiger partial charge in [-0.2, -0.15) is 0 Å². The third-order valence-electron chi connectivity index (χ3n) is 9.97. The van der Waals surface area contributed by atoms with Crippen LogP contribution in [0.2, 0.25) is 0 Å². The highest BCUT2D eigenvalue weighted by Crippen LogP contribution is 2.39. The summed E-state index contributed by atoms with van der Waals surface area (Å²) in [4.78, 5) is 67.4. The largest absolute Gasteiger partial charge is 0.457 e. The summed E-state index contributed by atoms with van der Waals surface area (Å²) in [5.41, 5.74) is 12.2. The van der Waals surface area contributed by atoms with Gasteiger partial charge >= 0.3 is 5.97 Å². The van der Waals surface area contributed by atoms with Crippen LogP contribution in [0.4, 0.5) is 0 Å². The summed E-state index contributed by atoms with van der Waals surface area (Å²) in [6.45, 7) is 6.71. The third kappa shape index (κ3) is 10.7. The minimum Gasteiger partial charge on any atom is -0.457 e. The molecule has 14 nitrogen and oxygen atoms in total. The first-order valence-corrected chi connectivity index (χ1v) is 18.3. The number of fused-ring (bicyclic) bond motifs is 1. The Morgan fingerprint density at radius 1 is 0.839 bits per heavy atom. The van der Waals surface area contributed by atoms with E-state index in [4.69, 9.17) is 27.0 Å². The minimum absolute atomic E-state index is 0.0339. The van der Waals surface area contributed by atoms with E-state index in [1.54, 1.807) is 36.4 Å². The lowest BCUT2D eigenvalue weighted by Crippen LogP contribution is -2.63. The molecule has 1 aliphatic heterocycles. The number of esters is 1. The fraction of sp³-hybridized carbons (Fsp3) is 0.357. The highest BCUT2D eigenvalue weighted by Gasteiger charge is 2.51. The number of carbonyl (C=O) groups is 5. The van der Waals surface area contributed by atoms with Gasteiger partial charge in [0.2, 0.25) is 17.7 Å². The van der Waals surface area contributed by atoms with Crippen molar-refractivity contribution in [1.82, 2.24) is 15.5 Å². The van der Waals surface area contributed by atoms with E-state index in [9.17, 15) is 29.1 Å². The Labute approximate surface area is 326 Å². The fourth-order valence-electron chi connectivity index (χ4n) is 7.32. The van der Waals surface area contributed by atoms with E-state index < -0.39 is 65.3 Å². The van der Waals surface area contributed by atoms with Crippen molar-refractivity contribution in [3.05, 3.63) is 119 Å². The van der Waals surface area contributed by atoms with Gasteiger partial charge in [-0.15, -0.1) is 0 Å². The van der Waals surface area contributed by atoms with Gasteiger partial charge in [-0.3, -0.25) is 24.1 Å². The molecule has 4 amide bonds. The van der Waals surface area contributed by atoms with Crippen LogP contribution in [0.1, 0.15) is 78.3 Å². The molecule has 1 fully saturated rings. The van der Waals surface area contributed by atoms with Crippen LogP contribution in [-0.2, 0) is 32.1 Å². The molecular weight excluding hydrogens is 715 g/mol. The maximum absolute atomic E-state index is 13.9. The van der Waals surface area contributed by atoms with Crippen LogP contribution in [0.3, 0.4) is 0 Å². The van der Waals surface area contributed by atoms with E-state index in [2.05, 4.69) is 10.6 Å². The average molecular weight is 764 g/mol. The first-order chi connectivity index (χ1) is 26.7. The van der Waals surface area contributed by atoms with E-state index in [0.29, 0.717) is 35.7 Å². The summed E-state index contributed by atoms with van der Waals surface area (Å²) in [6.07, 6.45) is -0.400. The lowest BCUT2D eigenvalue weighted by atomic mass is 9.82. The Morgan fingerprint density at radius 2 is 1.41 bits per heavy atom. The number of aliphatic hydroxyl groups excluding tert-OH is 1. The van der Waals surface area contributed by atoms with Crippen LogP contribution >= 0.6 is 0 Å². The number of hydrogen-bond donors (Lipinski definition) is 5. The first kappa shape index (κ1) is 42.6. The Morgan fingerprint density at radius 3 is 1.98 bits per heavy atom. The summed E-state index contributed by atoms with van der Waals surface area (Å²) >= 11 is 0. The summed E-state index contributed by atoms with van der Waals surface area (Å²) in [5, 5.41) is 30.6. The van der Waals surface area contributed by atoms with Gasteiger partial charge in [-0.1, -0.05) is 72.8 Å². The van der Waals surface area contributed by atoms with Gasteiger partial charge < -0.3 is 31.9 Å². The molecule has 7 N–H and O–H groups in total. The van der Waals surface area contributed by atoms with E-state index in [-0.39, 0.29) is 25.0 Å². The molecule has 0 bridgehead atoms. The number of amides is 4. The maximum Gasteiger partial charge on any atom is 0.338 e. The number of carbonyl (C=O) groups excluding carboxylic acids is 5. The Balaban J connectivity index is 0.00000342. The summed E-state index contributed by atoms with van der Waals surface area (Å²) in [7, 11) is 0. The van der Waals surface area contributed by atoms with Gasteiger partial charge in [0.15, 0.2) is 0 Å². The Hall–Kier alpha value is -6.17. The monoisotopic (exact) mass is 763 g/mol. The Bertz CT molecular complexity index is 2030. The summed E-state index contributed by atoms with van der Waals surface area (Å²) in [6, 6.07) is 26.1. The smallest absolute Gasteiger partial charge is 0.338 e. The topological polar surface area (TPSA) is 242 Å². The summed E-state index contributed by atoms with van der Waals surface area (Å²) in [5.74, 6) is -3.22. The fourth-order valence-corrected chi connectivity index (χ4v) is 7.32. The van der Waals surface area contributed by atoms with E-state index in [1.807, 2.05) is 86.3 Å². The zero-order valence-corrected chi connectivity index (χ0v) is 31.8. The van der Waals surface area contributed by atoms with E-state index in [1.165, 1.54) is 0 Å². The molecule has 1 heterocycles. The number of likely N-dealkylation sites (tertiary alicyclic amines) is 1. The molecule has 5 rings (SSSR count). The lowest BCUT2D eigenvalue weighted by Gasteiger charge is -2.46. The normalized spacial score (nSPS) is 17.0. The third-order valence-corrected chi connectivity index (χ3v) is 9.97. The molecule has 1 saturated heterocycles. The highest BCUT2D eigenvalue weighted by atomic mass is 16.5. The highest BCUT2D eigenvalue weighted by molar-refractivity contribution is 6.02. The summed E-state index contributed by atoms with van der Waals surface area (Å²) < 4.78 is 5.45. The zero-order valence-electron chi connectivity index (χ0n) is 31.8. The molecule has 0 spiro atoms. The molecule has 4 aromatic carbocycles. The van der Waals surface area contributed by atoms with Crippen LogP contribution in [0.5, 0.6) is 0 Å². The second-order valence-corrected chi connectivity index (χ2v) is 14.9. The molecule has 294 valence electrons. The standard InChI is InChI=1S/C42H49N5O7.N2/c1-41(2,3)47-20-10-19-42(47,40(44)53)25-35(48)33(21-27-11-6-4-7-12-27)45-38(51)34(24-36(43)49)46-37(50)31-17-15-30-23-32(18-16-29(30)22-31)39(52)54-26-28-13-8-5-9-14-28;1-2/h4-9,11-18,22-23,33-35,48H,10,19-21,24-26H2,1-3H3,(H2,43,49)(H2,44,53)(H,45,51)(H,46,50);/t33-,34-,35+,42+;/m0./s1. The quantitative estimate of drug-likeness (QED) is 0.0867. The van der Waals surface area contributed by atoms with Crippen LogP contribution < -0.4 is 22.1 Å².